The molecule has 2 aliphatic carbocycles. The minimum absolute atomic E-state index is 0.833. The Labute approximate surface area is 134 Å². The zero-order valence-corrected chi connectivity index (χ0v) is 13.8. The maximum Gasteiger partial charge on any atom is 0.327 e. The molecule has 2 saturated carbocycles. The fourth-order valence-electron chi connectivity index (χ4n) is 2.12. The minimum Gasteiger partial charge on any atom is -0.478 e. The van der Waals surface area contributed by atoms with Crippen LogP contribution in [0, 0.1) is 0 Å². The van der Waals surface area contributed by atoms with Crippen LogP contribution in [0.4, 0.5) is 0 Å². The molecule has 2 aliphatic rings. The number of hydrogen-bond acceptors (Lipinski definition) is 2. The Morgan fingerprint density at radius 3 is 0.682 bits per heavy atom. The summed E-state index contributed by atoms with van der Waals surface area (Å²) in [7, 11) is 0. The Morgan fingerprint density at radius 2 is 0.636 bits per heavy atom. The highest BCUT2D eigenvalue weighted by Crippen LogP contribution is 2.15. The Bertz CT molecular complexity index is 236. The first-order chi connectivity index (χ1) is 10.5. The number of rotatable bonds is 2. The highest BCUT2D eigenvalue weighted by atomic mass is 16.4. The van der Waals surface area contributed by atoms with E-state index in [9.17, 15) is 9.59 Å². The van der Waals surface area contributed by atoms with E-state index in [4.69, 9.17) is 10.2 Å². The van der Waals surface area contributed by atoms with Crippen LogP contribution in [0.2, 0.25) is 0 Å². The van der Waals surface area contributed by atoms with Gasteiger partial charge in [-0.25, -0.2) is 9.59 Å². The van der Waals surface area contributed by atoms with Crippen molar-refractivity contribution in [2.45, 2.75) is 77.0 Å². The van der Waals surface area contributed by atoms with Crippen LogP contribution in [0.5, 0.6) is 0 Å². The Kier molecular flexibility index (Phi) is 20.0. The summed E-state index contributed by atoms with van der Waals surface area (Å²) in [5, 5.41) is 15.2. The lowest BCUT2D eigenvalue weighted by atomic mass is 10.0. The van der Waals surface area contributed by atoms with E-state index in [2.05, 4.69) is 13.2 Å². The van der Waals surface area contributed by atoms with Crippen LogP contribution in [0.15, 0.2) is 25.3 Å². The second kappa shape index (κ2) is 19.4. The largest absolute Gasteiger partial charge is 0.478 e. The molecule has 0 aromatic rings. The quantitative estimate of drug-likeness (QED) is 0.688. The molecule has 0 heterocycles. The Morgan fingerprint density at radius 1 is 0.545 bits per heavy atom. The van der Waals surface area contributed by atoms with Gasteiger partial charge in [-0.05, 0) is 0 Å². The summed E-state index contributed by atoms with van der Waals surface area (Å²) in [5.41, 5.74) is 0. The molecule has 0 atom stereocenters. The van der Waals surface area contributed by atoms with Crippen molar-refractivity contribution in [3.63, 3.8) is 0 Å². The second-order valence-corrected chi connectivity index (χ2v) is 5.33. The van der Waals surface area contributed by atoms with Gasteiger partial charge in [-0.1, -0.05) is 90.2 Å². The van der Waals surface area contributed by atoms with Gasteiger partial charge in [0.25, 0.3) is 0 Å². The van der Waals surface area contributed by atoms with Gasteiger partial charge in [0, 0.05) is 12.2 Å². The van der Waals surface area contributed by atoms with Crippen molar-refractivity contribution < 1.29 is 19.8 Å². The van der Waals surface area contributed by atoms with E-state index < -0.39 is 11.9 Å². The third kappa shape index (κ3) is 26.9. The standard InChI is InChI=1S/2C6H12.2C3H4O2/c2*1-2-4-6-5-3-1;2*1-2-3(4)5/h2*1-6H2;2*2H,1H2,(H,4,5). The topological polar surface area (TPSA) is 74.6 Å². The van der Waals surface area contributed by atoms with Crippen LogP contribution in [0.1, 0.15) is 77.0 Å². The monoisotopic (exact) mass is 312 g/mol. The van der Waals surface area contributed by atoms with E-state index in [0.29, 0.717) is 0 Å². The number of carbonyl (C=O) groups is 2. The van der Waals surface area contributed by atoms with Crippen molar-refractivity contribution in [2.24, 2.45) is 0 Å². The van der Waals surface area contributed by atoms with Gasteiger partial charge in [0.1, 0.15) is 0 Å². The highest BCUT2D eigenvalue weighted by molar-refractivity contribution is 5.79. The third-order valence-electron chi connectivity index (χ3n) is 3.35. The molecule has 0 saturated heterocycles. The molecule has 4 nitrogen and oxygen atoms in total. The van der Waals surface area contributed by atoms with Gasteiger partial charge in [0.15, 0.2) is 0 Å². The summed E-state index contributed by atoms with van der Waals surface area (Å²) in [6.07, 6.45) is 19.7. The van der Waals surface area contributed by atoms with E-state index >= 15 is 0 Å². The average Bonchev–Trinajstić information content (AvgIpc) is 2.59. The van der Waals surface area contributed by atoms with Crippen LogP contribution in [-0.2, 0) is 9.59 Å². The minimum atomic E-state index is -0.981. The van der Waals surface area contributed by atoms with Crippen molar-refractivity contribution in [1.82, 2.24) is 0 Å². The van der Waals surface area contributed by atoms with E-state index in [-0.39, 0.29) is 0 Å². The first-order valence-electron chi connectivity index (χ1n) is 8.25. The summed E-state index contributed by atoms with van der Waals surface area (Å²) < 4.78 is 0. The van der Waals surface area contributed by atoms with Gasteiger partial charge in [0.05, 0.1) is 0 Å². The summed E-state index contributed by atoms with van der Waals surface area (Å²) in [4.78, 5) is 18.5. The number of hydrogen-bond donors (Lipinski definition) is 2. The fraction of sp³-hybridized carbons (Fsp3) is 0.667. The Balaban J connectivity index is 0. The van der Waals surface area contributed by atoms with E-state index in [1.54, 1.807) is 0 Å². The van der Waals surface area contributed by atoms with Gasteiger partial charge in [0.2, 0.25) is 0 Å². The molecule has 0 spiro atoms. The van der Waals surface area contributed by atoms with Gasteiger partial charge < -0.3 is 10.2 Å². The van der Waals surface area contributed by atoms with E-state index in [1.165, 1.54) is 77.0 Å². The Hall–Kier alpha value is -1.58. The molecule has 0 aromatic carbocycles. The SMILES string of the molecule is C1CCCCC1.C1CCCCC1.C=CC(=O)O.C=CC(=O)O. The molecule has 0 aliphatic heterocycles. The normalized spacial score (nSPS) is 16.0. The first kappa shape index (κ1) is 22.7. The fourth-order valence-corrected chi connectivity index (χ4v) is 2.12. The smallest absolute Gasteiger partial charge is 0.327 e. The van der Waals surface area contributed by atoms with Crippen LogP contribution in [0.3, 0.4) is 0 Å². The molecule has 4 heteroatoms. The molecule has 0 radical (unpaired) electrons. The second-order valence-electron chi connectivity index (χ2n) is 5.33. The van der Waals surface area contributed by atoms with E-state index in [0.717, 1.165) is 12.2 Å². The highest BCUT2D eigenvalue weighted by Gasteiger charge is 1.96. The molecule has 2 fully saturated rings. The molecule has 128 valence electrons. The van der Waals surface area contributed by atoms with Crippen LogP contribution in [0.25, 0.3) is 0 Å². The van der Waals surface area contributed by atoms with Crippen molar-refractivity contribution in [3.05, 3.63) is 25.3 Å². The zero-order valence-electron chi connectivity index (χ0n) is 13.8. The molecule has 2 N–H and O–H groups in total. The lowest BCUT2D eigenvalue weighted by Crippen LogP contribution is -1.85. The van der Waals surface area contributed by atoms with Crippen molar-refractivity contribution in [2.75, 3.05) is 0 Å². The van der Waals surface area contributed by atoms with Crippen molar-refractivity contribution in [1.29, 1.82) is 0 Å². The van der Waals surface area contributed by atoms with Crippen LogP contribution < -0.4 is 0 Å². The number of aliphatic carboxylic acids is 2. The van der Waals surface area contributed by atoms with Gasteiger partial charge >= 0.3 is 11.9 Å². The average molecular weight is 312 g/mol. The zero-order chi connectivity index (χ0) is 17.1. The lowest BCUT2D eigenvalue weighted by Gasteiger charge is -2.05. The number of carboxylic acids is 2. The molecule has 0 aromatic heterocycles. The lowest BCUT2D eigenvalue weighted by molar-refractivity contribution is -0.132. The number of carboxylic acid groups (broad SMARTS) is 2. The summed E-state index contributed by atoms with van der Waals surface area (Å²) in [5.74, 6) is -1.96. The first-order valence-corrected chi connectivity index (χ1v) is 8.25. The molecular formula is C18H32O4. The molecule has 0 bridgehead atoms. The van der Waals surface area contributed by atoms with Crippen molar-refractivity contribution in [3.8, 4) is 0 Å². The summed E-state index contributed by atoms with van der Waals surface area (Å²) >= 11 is 0. The molecule has 0 amide bonds. The maximum atomic E-state index is 9.25. The predicted molar refractivity (Wildman–Crippen MR) is 91.1 cm³/mol. The van der Waals surface area contributed by atoms with Gasteiger partial charge in [-0.3, -0.25) is 0 Å². The maximum absolute atomic E-state index is 9.25. The van der Waals surface area contributed by atoms with Crippen molar-refractivity contribution >= 4 is 11.9 Å². The molecular weight excluding hydrogens is 280 g/mol. The third-order valence-corrected chi connectivity index (χ3v) is 3.35. The van der Waals surface area contributed by atoms with Gasteiger partial charge in [-0.2, -0.15) is 0 Å². The van der Waals surface area contributed by atoms with E-state index in [1.807, 2.05) is 0 Å². The van der Waals surface area contributed by atoms with Gasteiger partial charge in [-0.15, -0.1) is 0 Å². The molecule has 2 rings (SSSR count). The molecule has 22 heavy (non-hydrogen) atoms. The summed E-state index contributed by atoms with van der Waals surface area (Å²) in [6.45, 7) is 5.92. The van der Waals surface area contributed by atoms with Crippen LogP contribution >= 0.6 is 0 Å². The molecule has 0 unspecified atom stereocenters. The predicted octanol–water partition coefficient (Wildman–Crippen LogP) is 5.20. The summed E-state index contributed by atoms with van der Waals surface area (Å²) in [6, 6.07) is 0. The van der Waals surface area contributed by atoms with Crippen LogP contribution in [-0.4, -0.2) is 22.2 Å².